The van der Waals surface area contributed by atoms with E-state index in [1.54, 1.807) is 0 Å². The van der Waals surface area contributed by atoms with Crippen molar-refractivity contribution in [3.05, 3.63) is 62.1 Å². The fraction of sp³-hybridized carbons (Fsp3) is 0.143. The van der Waals surface area contributed by atoms with Gasteiger partial charge in [0.25, 0.3) is 0 Å². The van der Waals surface area contributed by atoms with E-state index < -0.39 is 0 Å². The number of hydrogen-bond donors (Lipinski definition) is 1. The first-order valence-electron chi connectivity index (χ1n) is 5.44. The molecule has 1 nitrogen and oxygen atoms in total. The third kappa shape index (κ3) is 3.22. The van der Waals surface area contributed by atoms with E-state index in [4.69, 9.17) is 0 Å². The number of benzene rings is 2. The second-order valence-corrected chi connectivity index (χ2v) is 5.88. The third-order valence-electron chi connectivity index (χ3n) is 2.62. The Bertz CT molecular complexity index is 513. The number of halogens is 2. The Morgan fingerprint density at radius 1 is 1.06 bits per heavy atom. The van der Waals surface area contributed by atoms with Crippen LogP contribution in [0.15, 0.2) is 53.0 Å². The topological polar surface area (TPSA) is 12.0 Å². The molecule has 0 aliphatic carbocycles. The monoisotopic (exact) mass is 401 g/mol. The molecule has 0 aliphatic heterocycles. The summed E-state index contributed by atoms with van der Waals surface area (Å²) in [5.74, 6) is 0. The van der Waals surface area contributed by atoms with Gasteiger partial charge in [-0.1, -0.05) is 46.3 Å². The van der Waals surface area contributed by atoms with Crippen LogP contribution < -0.4 is 5.32 Å². The smallest absolute Gasteiger partial charge is 0.0497 e. The van der Waals surface area contributed by atoms with Crippen molar-refractivity contribution in [2.45, 2.75) is 13.0 Å². The van der Waals surface area contributed by atoms with Gasteiger partial charge in [0.05, 0.1) is 0 Å². The fourth-order valence-electron chi connectivity index (χ4n) is 1.72. The number of nitrogens with one attached hydrogen (secondary N) is 1. The Hall–Kier alpha value is -0.550. The molecule has 0 heterocycles. The first-order chi connectivity index (χ1) is 8.18. The van der Waals surface area contributed by atoms with E-state index in [-0.39, 0.29) is 6.04 Å². The quantitative estimate of drug-likeness (QED) is 0.694. The Labute approximate surface area is 124 Å². The molecule has 88 valence electrons. The Kier molecular flexibility index (Phi) is 4.45. The zero-order valence-electron chi connectivity index (χ0n) is 9.45. The van der Waals surface area contributed by atoms with Gasteiger partial charge < -0.3 is 5.32 Å². The molecule has 0 saturated heterocycles. The lowest BCUT2D eigenvalue weighted by Crippen LogP contribution is -2.08. The van der Waals surface area contributed by atoms with Crippen LogP contribution >= 0.6 is 38.5 Å². The molecule has 1 unspecified atom stereocenters. The first kappa shape index (κ1) is 12.9. The van der Waals surface area contributed by atoms with E-state index in [1.165, 1.54) is 14.8 Å². The molecule has 0 aromatic heterocycles. The van der Waals surface area contributed by atoms with E-state index >= 15 is 0 Å². The van der Waals surface area contributed by atoms with Crippen LogP contribution in [-0.2, 0) is 0 Å². The van der Waals surface area contributed by atoms with Crippen LogP contribution in [0.4, 0.5) is 5.69 Å². The van der Waals surface area contributed by atoms with Crippen LogP contribution in [0.5, 0.6) is 0 Å². The van der Waals surface area contributed by atoms with Gasteiger partial charge in [0.2, 0.25) is 0 Å². The molecule has 17 heavy (non-hydrogen) atoms. The minimum absolute atomic E-state index is 0.279. The SMILES string of the molecule is CC(Nc1ccccc1I)c1ccccc1Br. The fourth-order valence-corrected chi connectivity index (χ4v) is 2.89. The molecule has 2 aromatic rings. The lowest BCUT2D eigenvalue weighted by molar-refractivity contribution is 0.877. The van der Waals surface area contributed by atoms with Gasteiger partial charge in [-0.15, -0.1) is 0 Å². The van der Waals surface area contributed by atoms with Crippen LogP contribution in [-0.4, -0.2) is 0 Å². The van der Waals surface area contributed by atoms with Gasteiger partial charge >= 0.3 is 0 Å². The van der Waals surface area contributed by atoms with Crippen LogP contribution in [0.1, 0.15) is 18.5 Å². The van der Waals surface area contributed by atoms with Crippen LogP contribution in [0.25, 0.3) is 0 Å². The minimum atomic E-state index is 0.279. The Morgan fingerprint density at radius 3 is 2.41 bits per heavy atom. The van der Waals surface area contributed by atoms with Crippen molar-refractivity contribution < 1.29 is 0 Å². The molecule has 0 fully saturated rings. The van der Waals surface area contributed by atoms with E-state index in [2.05, 4.69) is 93.2 Å². The summed E-state index contributed by atoms with van der Waals surface area (Å²) in [6.45, 7) is 2.17. The minimum Gasteiger partial charge on any atom is -0.378 e. The van der Waals surface area contributed by atoms with Crippen LogP contribution in [0.2, 0.25) is 0 Å². The summed E-state index contributed by atoms with van der Waals surface area (Å²) in [6.07, 6.45) is 0. The van der Waals surface area contributed by atoms with Crippen molar-refractivity contribution in [1.82, 2.24) is 0 Å². The summed E-state index contributed by atoms with van der Waals surface area (Å²) in [7, 11) is 0. The van der Waals surface area contributed by atoms with Gasteiger partial charge in [-0.2, -0.15) is 0 Å². The molecule has 0 radical (unpaired) electrons. The van der Waals surface area contributed by atoms with Crippen LogP contribution in [0.3, 0.4) is 0 Å². The Morgan fingerprint density at radius 2 is 1.71 bits per heavy atom. The van der Waals surface area contributed by atoms with Crippen molar-refractivity contribution in [2.24, 2.45) is 0 Å². The second-order valence-electron chi connectivity index (χ2n) is 3.87. The molecule has 0 spiro atoms. The summed E-state index contributed by atoms with van der Waals surface area (Å²) < 4.78 is 2.38. The normalized spacial score (nSPS) is 12.2. The first-order valence-corrected chi connectivity index (χ1v) is 7.31. The highest BCUT2D eigenvalue weighted by Crippen LogP contribution is 2.27. The van der Waals surface area contributed by atoms with Gasteiger partial charge in [-0.25, -0.2) is 0 Å². The summed E-state index contributed by atoms with van der Waals surface area (Å²) >= 11 is 5.93. The highest BCUT2D eigenvalue weighted by molar-refractivity contribution is 14.1. The van der Waals surface area contributed by atoms with E-state index in [0.29, 0.717) is 0 Å². The average molecular weight is 402 g/mol. The molecule has 0 bridgehead atoms. The van der Waals surface area contributed by atoms with Gasteiger partial charge in [-0.05, 0) is 53.3 Å². The lowest BCUT2D eigenvalue weighted by atomic mass is 10.1. The van der Waals surface area contributed by atoms with Crippen molar-refractivity contribution in [2.75, 3.05) is 5.32 Å². The maximum Gasteiger partial charge on any atom is 0.0497 e. The maximum atomic E-state index is 3.59. The average Bonchev–Trinajstić information content (AvgIpc) is 2.32. The molecule has 2 aromatic carbocycles. The highest BCUT2D eigenvalue weighted by Gasteiger charge is 2.09. The summed E-state index contributed by atoms with van der Waals surface area (Å²) in [6, 6.07) is 16.9. The number of para-hydroxylation sites is 1. The second kappa shape index (κ2) is 5.87. The van der Waals surface area contributed by atoms with Gasteiger partial charge in [-0.3, -0.25) is 0 Å². The zero-order chi connectivity index (χ0) is 12.3. The van der Waals surface area contributed by atoms with E-state index in [0.717, 1.165) is 4.47 Å². The molecular formula is C14H13BrIN. The molecular weight excluding hydrogens is 389 g/mol. The largest absolute Gasteiger partial charge is 0.378 e. The van der Waals surface area contributed by atoms with Crippen molar-refractivity contribution in [3.63, 3.8) is 0 Å². The standard InChI is InChI=1S/C14H13BrIN/c1-10(11-6-2-3-7-12(11)15)17-14-9-5-4-8-13(14)16/h2-10,17H,1H3. The van der Waals surface area contributed by atoms with Gasteiger partial charge in [0, 0.05) is 19.8 Å². The van der Waals surface area contributed by atoms with Gasteiger partial charge in [0.15, 0.2) is 0 Å². The van der Waals surface area contributed by atoms with Crippen molar-refractivity contribution in [1.29, 1.82) is 0 Å². The zero-order valence-corrected chi connectivity index (χ0v) is 13.2. The Balaban J connectivity index is 2.20. The number of hydrogen-bond acceptors (Lipinski definition) is 1. The maximum absolute atomic E-state index is 3.59. The third-order valence-corrected chi connectivity index (χ3v) is 4.28. The summed E-state index contributed by atoms with van der Waals surface area (Å²) in [4.78, 5) is 0. The molecule has 1 atom stereocenters. The molecule has 2 rings (SSSR count). The molecule has 1 N–H and O–H groups in total. The summed E-state index contributed by atoms with van der Waals surface area (Å²) in [5, 5.41) is 3.53. The highest BCUT2D eigenvalue weighted by atomic mass is 127. The van der Waals surface area contributed by atoms with Crippen LogP contribution in [0, 0.1) is 3.57 Å². The predicted molar refractivity (Wildman–Crippen MR) is 85.3 cm³/mol. The lowest BCUT2D eigenvalue weighted by Gasteiger charge is -2.18. The summed E-state index contributed by atoms with van der Waals surface area (Å²) in [5.41, 5.74) is 2.45. The molecule has 0 aliphatic rings. The van der Waals surface area contributed by atoms with Gasteiger partial charge in [0.1, 0.15) is 0 Å². The number of anilines is 1. The van der Waals surface area contributed by atoms with E-state index in [1.807, 2.05) is 6.07 Å². The molecule has 0 saturated carbocycles. The predicted octanol–water partition coefficient (Wildman–Crippen LogP) is 5.23. The van der Waals surface area contributed by atoms with E-state index in [9.17, 15) is 0 Å². The molecule has 0 amide bonds. The van der Waals surface area contributed by atoms with Crippen molar-refractivity contribution in [3.8, 4) is 0 Å². The number of rotatable bonds is 3. The van der Waals surface area contributed by atoms with Crippen molar-refractivity contribution >= 4 is 44.2 Å². The molecule has 3 heteroatoms.